The van der Waals surface area contributed by atoms with Crippen molar-refractivity contribution in [3.05, 3.63) is 54.1 Å². The number of benzene rings is 2. The van der Waals surface area contributed by atoms with Gasteiger partial charge in [0.1, 0.15) is 17.6 Å². The van der Waals surface area contributed by atoms with E-state index < -0.39 is 0 Å². The van der Waals surface area contributed by atoms with Gasteiger partial charge in [-0.1, -0.05) is 18.2 Å². The number of anilines is 1. The van der Waals surface area contributed by atoms with E-state index in [0.29, 0.717) is 24.4 Å². The number of ether oxygens (including phenoxy) is 2. The molecule has 2 aromatic rings. The highest BCUT2D eigenvalue weighted by Crippen LogP contribution is 2.19. The first-order valence-corrected chi connectivity index (χ1v) is 7.48. The van der Waals surface area contributed by atoms with Crippen LogP contribution in [-0.2, 0) is 11.2 Å². The van der Waals surface area contributed by atoms with Crippen molar-refractivity contribution in [1.29, 1.82) is 0 Å². The molecule has 0 bridgehead atoms. The Kier molecular flexibility index (Phi) is 5.86. The largest absolute Gasteiger partial charge is 0.497 e. The first-order chi connectivity index (χ1) is 11.1. The number of hydrogen-bond donors (Lipinski definition) is 2. The lowest BCUT2D eigenvalue weighted by Gasteiger charge is -2.16. The fourth-order valence-electron chi connectivity index (χ4n) is 2.09. The van der Waals surface area contributed by atoms with Crippen LogP contribution in [0.5, 0.6) is 11.5 Å². The molecule has 5 nitrogen and oxygen atoms in total. The van der Waals surface area contributed by atoms with E-state index in [4.69, 9.17) is 15.2 Å². The van der Waals surface area contributed by atoms with Gasteiger partial charge in [-0.2, -0.15) is 0 Å². The van der Waals surface area contributed by atoms with Gasteiger partial charge in [0, 0.05) is 11.8 Å². The average molecular weight is 314 g/mol. The van der Waals surface area contributed by atoms with Crippen LogP contribution in [-0.4, -0.2) is 25.7 Å². The summed E-state index contributed by atoms with van der Waals surface area (Å²) < 4.78 is 10.9. The predicted octanol–water partition coefficient (Wildman–Crippen LogP) is 2.40. The molecule has 1 amide bonds. The maximum atomic E-state index is 11.9. The summed E-state index contributed by atoms with van der Waals surface area (Å²) in [5.74, 6) is 1.41. The molecule has 1 unspecified atom stereocenters. The molecule has 2 aromatic carbocycles. The summed E-state index contributed by atoms with van der Waals surface area (Å²) in [7, 11) is 1.61. The summed E-state index contributed by atoms with van der Waals surface area (Å²) in [5, 5.41) is 2.87. The average Bonchev–Trinajstić information content (AvgIpc) is 2.55. The maximum Gasteiger partial charge on any atom is 0.224 e. The van der Waals surface area contributed by atoms with Gasteiger partial charge in [-0.15, -0.1) is 0 Å². The van der Waals surface area contributed by atoms with Crippen LogP contribution in [0.2, 0.25) is 0 Å². The second-order valence-electron chi connectivity index (χ2n) is 5.33. The number of nitrogens with two attached hydrogens (primary N) is 1. The van der Waals surface area contributed by atoms with Crippen molar-refractivity contribution in [3.63, 3.8) is 0 Å². The number of nitrogens with one attached hydrogen (secondary N) is 1. The highest BCUT2D eigenvalue weighted by molar-refractivity contribution is 5.78. The fourth-order valence-corrected chi connectivity index (χ4v) is 2.09. The van der Waals surface area contributed by atoms with Crippen LogP contribution >= 0.6 is 0 Å². The molecule has 0 aliphatic carbocycles. The Balaban J connectivity index is 1.78. The second kappa shape index (κ2) is 8.08. The van der Waals surface area contributed by atoms with Crippen molar-refractivity contribution >= 4 is 11.6 Å². The molecule has 1 atom stereocenters. The number of amides is 1. The smallest absolute Gasteiger partial charge is 0.224 e. The van der Waals surface area contributed by atoms with E-state index in [1.54, 1.807) is 19.2 Å². The Morgan fingerprint density at radius 1 is 1.17 bits per heavy atom. The van der Waals surface area contributed by atoms with Crippen molar-refractivity contribution in [3.8, 4) is 11.5 Å². The van der Waals surface area contributed by atoms with Crippen LogP contribution < -0.4 is 20.5 Å². The van der Waals surface area contributed by atoms with E-state index in [1.165, 1.54) is 0 Å². The SMILES string of the molecule is COc1cccc(OC(C)CNC(=O)Cc2ccc(N)cc2)c1. The van der Waals surface area contributed by atoms with Crippen LogP contribution in [0.25, 0.3) is 0 Å². The van der Waals surface area contributed by atoms with E-state index in [2.05, 4.69) is 5.32 Å². The lowest BCUT2D eigenvalue weighted by molar-refractivity contribution is -0.120. The number of methoxy groups -OCH3 is 1. The number of nitrogen functional groups attached to an aromatic ring is 1. The summed E-state index contributed by atoms with van der Waals surface area (Å²) >= 11 is 0. The molecular formula is C18H22N2O3. The fraction of sp³-hybridized carbons (Fsp3) is 0.278. The van der Waals surface area contributed by atoms with Gasteiger partial charge in [0.15, 0.2) is 0 Å². The number of hydrogen-bond acceptors (Lipinski definition) is 4. The van der Waals surface area contributed by atoms with Gasteiger partial charge in [0.2, 0.25) is 5.91 Å². The topological polar surface area (TPSA) is 73.6 Å². The van der Waals surface area contributed by atoms with E-state index in [-0.39, 0.29) is 12.0 Å². The molecule has 0 aromatic heterocycles. The molecule has 0 fully saturated rings. The molecule has 0 saturated carbocycles. The quantitative estimate of drug-likeness (QED) is 0.770. The van der Waals surface area contributed by atoms with Crippen molar-refractivity contribution in [2.24, 2.45) is 0 Å². The van der Waals surface area contributed by atoms with Gasteiger partial charge in [0.05, 0.1) is 20.1 Å². The van der Waals surface area contributed by atoms with E-state index in [9.17, 15) is 4.79 Å². The monoisotopic (exact) mass is 314 g/mol. The molecule has 5 heteroatoms. The Morgan fingerprint density at radius 2 is 1.87 bits per heavy atom. The number of rotatable bonds is 7. The Hall–Kier alpha value is -2.69. The van der Waals surface area contributed by atoms with Crippen LogP contribution in [0.4, 0.5) is 5.69 Å². The molecule has 0 spiro atoms. The lowest BCUT2D eigenvalue weighted by Crippen LogP contribution is -2.34. The van der Waals surface area contributed by atoms with Crippen LogP contribution in [0.1, 0.15) is 12.5 Å². The molecule has 0 heterocycles. The van der Waals surface area contributed by atoms with E-state index in [0.717, 1.165) is 11.3 Å². The molecular weight excluding hydrogens is 292 g/mol. The van der Waals surface area contributed by atoms with Gasteiger partial charge >= 0.3 is 0 Å². The lowest BCUT2D eigenvalue weighted by atomic mass is 10.1. The molecule has 122 valence electrons. The normalized spacial score (nSPS) is 11.6. The molecule has 2 rings (SSSR count). The first kappa shape index (κ1) is 16.7. The minimum atomic E-state index is -0.141. The molecule has 23 heavy (non-hydrogen) atoms. The first-order valence-electron chi connectivity index (χ1n) is 7.48. The Labute approximate surface area is 136 Å². The highest BCUT2D eigenvalue weighted by Gasteiger charge is 2.08. The zero-order chi connectivity index (χ0) is 16.7. The Bertz CT molecular complexity index is 641. The van der Waals surface area contributed by atoms with Crippen LogP contribution in [0.15, 0.2) is 48.5 Å². The highest BCUT2D eigenvalue weighted by atomic mass is 16.5. The van der Waals surface area contributed by atoms with Crippen molar-refractivity contribution in [2.75, 3.05) is 19.4 Å². The third-order valence-electron chi connectivity index (χ3n) is 3.31. The van der Waals surface area contributed by atoms with E-state index in [1.807, 2.05) is 43.3 Å². The van der Waals surface area contributed by atoms with E-state index >= 15 is 0 Å². The molecule has 0 aliphatic heterocycles. The predicted molar refractivity (Wildman–Crippen MR) is 90.7 cm³/mol. The summed E-state index contributed by atoms with van der Waals surface area (Å²) in [6.07, 6.45) is 0.184. The van der Waals surface area contributed by atoms with Crippen LogP contribution in [0.3, 0.4) is 0 Å². The summed E-state index contributed by atoms with van der Waals surface area (Å²) in [6, 6.07) is 14.7. The van der Waals surface area contributed by atoms with Crippen LogP contribution in [0, 0.1) is 0 Å². The van der Waals surface area contributed by atoms with Gasteiger partial charge in [-0.25, -0.2) is 0 Å². The second-order valence-corrected chi connectivity index (χ2v) is 5.33. The zero-order valence-electron chi connectivity index (χ0n) is 13.4. The minimum absolute atomic E-state index is 0.0455. The standard InChI is InChI=1S/C18H22N2O3/c1-13(23-17-5-3-4-16(11-17)22-2)12-20-18(21)10-14-6-8-15(19)9-7-14/h3-9,11,13H,10,12,19H2,1-2H3,(H,20,21). The molecule has 0 radical (unpaired) electrons. The molecule has 0 saturated heterocycles. The third kappa shape index (κ3) is 5.54. The van der Waals surface area contributed by atoms with Gasteiger partial charge in [0.25, 0.3) is 0 Å². The van der Waals surface area contributed by atoms with Crippen molar-refractivity contribution < 1.29 is 14.3 Å². The number of carbonyl (C=O) groups is 1. The van der Waals surface area contributed by atoms with Crippen molar-refractivity contribution in [1.82, 2.24) is 5.32 Å². The zero-order valence-corrected chi connectivity index (χ0v) is 13.4. The summed E-state index contributed by atoms with van der Waals surface area (Å²) in [4.78, 5) is 11.9. The molecule has 0 aliphatic rings. The maximum absolute atomic E-state index is 11.9. The molecule has 3 N–H and O–H groups in total. The van der Waals surface area contributed by atoms with Gasteiger partial charge in [-0.05, 0) is 36.8 Å². The Morgan fingerprint density at radius 3 is 2.57 bits per heavy atom. The summed E-state index contributed by atoms with van der Waals surface area (Å²) in [6.45, 7) is 2.34. The van der Waals surface area contributed by atoms with Gasteiger partial charge in [-0.3, -0.25) is 4.79 Å². The number of carbonyl (C=O) groups excluding carboxylic acids is 1. The minimum Gasteiger partial charge on any atom is -0.497 e. The third-order valence-corrected chi connectivity index (χ3v) is 3.31. The van der Waals surface area contributed by atoms with Gasteiger partial charge < -0.3 is 20.5 Å². The van der Waals surface area contributed by atoms with Crippen molar-refractivity contribution in [2.45, 2.75) is 19.4 Å². The summed E-state index contributed by atoms with van der Waals surface area (Å²) in [5.41, 5.74) is 7.24.